The van der Waals surface area contributed by atoms with Crippen molar-refractivity contribution in [3.63, 3.8) is 0 Å². The van der Waals surface area contributed by atoms with E-state index in [2.05, 4.69) is 6.58 Å². The van der Waals surface area contributed by atoms with E-state index in [-0.39, 0.29) is 6.42 Å². The zero-order valence-corrected chi connectivity index (χ0v) is 4.45. The van der Waals surface area contributed by atoms with Gasteiger partial charge in [0.05, 0.1) is 0 Å². The summed E-state index contributed by atoms with van der Waals surface area (Å²) in [4.78, 5) is 0. The molecule has 0 aromatic carbocycles. The van der Waals surface area contributed by atoms with Crippen LogP contribution in [0.3, 0.4) is 0 Å². The quantitative estimate of drug-likeness (QED) is 0.458. The summed E-state index contributed by atoms with van der Waals surface area (Å²) in [6.45, 7) is 4.79. The standard InChI is InChI=1S/C5H8BF/c1-4(6)3-5(2)7/h5H,1,3H2,2H3. The predicted molar refractivity (Wildman–Crippen MR) is 30.1 cm³/mol. The molecule has 0 aromatic heterocycles. The smallest absolute Gasteiger partial charge is 0.107 e. The van der Waals surface area contributed by atoms with Crippen molar-refractivity contribution in [1.29, 1.82) is 0 Å². The molecule has 1 unspecified atom stereocenters. The summed E-state index contributed by atoms with van der Waals surface area (Å²) >= 11 is 0. The van der Waals surface area contributed by atoms with Crippen LogP contribution < -0.4 is 0 Å². The summed E-state index contributed by atoms with van der Waals surface area (Å²) in [5, 5.41) is 0. The largest absolute Gasteiger partial charge is 0.247 e. The first kappa shape index (κ1) is 6.73. The molecule has 0 bridgehead atoms. The minimum absolute atomic E-state index is 0.278. The second-order valence-corrected chi connectivity index (χ2v) is 1.64. The van der Waals surface area contributed by atoms with Crippen molar-refractivity contribution in [3.8, 4) is 0 Å². The highest BCUT2D eigenvalue weighted by molar-refractivity contribution is 6.21. The number of halogens is 1. The topological polar surface area (TPSA) is 0 Å². The number of rotatable bonds is 2. The van der Waals surface area contributed by atoms with Gasteiger partial charge in [-0.3, -0.25) is 0 Å². The van der Waals surface area contributed by atoms with Crippen LogP contribution in [0.4, 0.5) is 4.39 Å². The third-order valence-corrected chi connectivity index (χ3v) is 0.543. The first-order valence-electron chi connectivity index (χ1n) is 2.20. The summed E-state index contributed by atoms with van der Waals surface area (Å²) in [5.74, 6) is 0. The second-order valence-electron chi connectivity index (χ2n) is 1.64. The molecule has 2 radical (unpaired) electrons. The van der Waals surface area contributed by atoms with Crippen molar-refractivity contribution in [2.45, 2.75) is 19.5 Å². The van der Waals surface area contributed by atoms with Crippen LogP contribution in [0.25, 0.3) is 0 Å². The molecule has 0 fully saturated rings. The first-order chi connectivity index (χ1) is 3.13. The fraction of sp³-hybridized carbons (Fsp3) is 0.600. The van der Waals surface area contributed by atoms with Gasteiger partial charge in [-0.15, -0.1) is 12.1 Å². The Labute approximate surface area is 44.8 Å². The van der Waals surface area contributed by atoms with Crippen molar-refractivity contribution < 1.29 is 4.39 Å². The van der Waals surface area contributed by atoms with Gasteiger partial charge in [0, 0.05) is 0 Å². The fourth-order valence-corrected chi connectivity index (χ4v) is 0.361. The molecule has 0 aliphatic rings. The molecule has 0 rings (SSSR count). The van der Waals surface area contributed by atoms with Crippen LogP contribution >= 0.6 is 0 Å². The zero-order valence-electron chi connectivity index (χ0n) is 4.45. The van der Waals surface area contributed by atoms with E-state index in [0.717, 1.165) is 0 Å². The molecule has 1 atom stereocenters. The van der Waals surface area contributed by atoms with Gasteiger partial charge in [0.25, 0.3) is 0 Å². The van der Waals surface area contributed by atoms with E-state index in [1.807, 2.05) is 0 Å². The molecule has 0 N–H and O–H groups in total. The lowest BCUT2D eigenvalue weighted by atomic mass is 9.93. The van der Waals surface area contributed by atoms with E-state index in [0.29, 0.717) is 5.47 Å². The second kappa shape index (κ2) is 2.83. The molecular formula is C5H8BF. The molecule has 0 saturated heterocycles. The van der Waals surface area contributed by atoms with Crippen LogP contribution in [0, 0.1) is 0 Å². The number of hydrogen-bond donors (Lipinski definition) is 0. The van der Waals surface area contributed by atoms with Crippen molar-refractivity contribution in [2.24, 2.45) is 0 Å². The van der Waals surface area contributed by atoms with Crippen molar-refractivity contribution in [2.75, 3.05) is 0 Å². The molecule has 0 heterocycles. The van der Waals surface area contributed by atoms with Gasteiger partial charge in [-0.1, -0.05) is 0 Å². The molecule has 0 aliphatic carbocycles. The van der Waals surface area contributed by atoms with E-state index < -0.39 is 6.17 Å². The maximum atomic E-state index is 11.8. The summed E-state index contributed by atoms with van der Waals surface area (Å²) in [7, 11) is 5.06. The third kappa shape index (κ3) is 5.73. The van der Waals surface area contributed by atoms with Gasteiger partial charge in [0.2, 0.25) is 0 Å². The van der Waals surface area contributed by atoms with E-state index >= 15 is 0 Å². The van der Waals surface area contributed by atoms with Crippen LogP contribution in [-0.4, -0.2) is 14.0 Å². The Morgan fingerprint density at radius 2 is 2.43 bits per heavy atom. The van der Waals surface area contributed by atoms with Gasteiger partial charge in [-0.2, -0.15) is 0 Å². The Bertz CT molecular complexity index is 68.5. The highest BCUT2D eigenvalue weighted by Crippen LogP contribution is 2.00. The Morgan fingerprint density at radius 3 is 2.43 bits per heavy atom. The van der Waals surface area contributed by atoms with E-state index in [1.54, 1.807) is 0 Å². The Hall–Kier alpha value is -0.265. The number of hydrogen-bond acceptors (Lipinski definition) is 0. The molecule has 0 aromatic rings. The van der Waals surface area contributed by atoms with Gasteiger partial charge in [0.15, 0.2) is 0 Å². The van der Waals surface area contributed by atoms with Crippen LogP contribution in [0.5, 0.6) is 0 Å². The molecule has 0 spiro atoms. The molecule has 2 heteroatoms. The maximum Gasteiger partial charge on any atom is 0.107 e. The average Bonchev–Trinajstić information content (AvgIpc) is 1.27. The molecule has 0 aliphatic heterocycles. The SMILES string of the molecule is [B]C(=C)CC(C)F. The lowest BCUT2D eigenvalue weighted by molar-refractivity contribution is 0.363. The monoisotopic (exact) mass is 98.1 g/mol. The third-order valence-electron chi connectivity index (χ3n) is 0.543. The lowest BCUT2D eigenvalue weighted by Crippen LogP contribution is -1.92. The van der Waals surface area contributed by atoms with E-state index in [4.69, 9.17) is 7.85 Å². The molecule has 38 valence electrons. The average molecular weight is 97.9 g/mol. The van der Waals surface area contributed by atoms with Crippen molar-refractivity contribution in [3.05, 3.63) is 12.1 Å². The highest BCUT2D eigenvalue weighted by atomic mass is 19.1. The molecule has 0 amide bonds. The van der Waals surface area contributed by atoms with Gasteiger partial charge in [-0.05, 0) is 13.3 Å². The highest BCUT2D eigenvalue weighted by Gasteiger charge is 1.94. The summed E-state index contributed by atoms with van der Waals surface area (Å²) in [6, 6.07) is 0. The Morgan fingerprint density at radius 1 is 2.00 bits per heavy atom. The lowest BCUT2D eigenvalue weighted by Gasteiger charge is -1.96. The van der Waals surface area contributed by atoms with Gasteiger partial charge < -0.3 is 0 Å². The first-order valence-corrected chi connectivity index (χ1v) is 2.20. The number of alkyl halides is 1. The summed E-state index contributed by atoms with van der Waals surface area (Å²) in [5.41, 5.74) is 0.412. The molecule has 0 nitrogen and oxygen atoms in total. The van der Waals surface area contributed by atoms with Crippen LogP contribution in [0.2, 0.25) is 0 Å². The minimum atomic E-state index is -0.850. The zero-order chi connectivity index (χ0) is 5.86. The van der Waals surface area contributed by atoms with Crippen molar-refractivity contribution in [1.82, 2.24) is 0 Å². The fourth-order valence-electron chi connectivity index (χ4n) is 0.361. The van der Waals surface area contributed by atoms with Crippen LogP contribution in [-0.2, 0) is 0 Å². The molecular weight excluding hydrogens is 89.9 g/mol. The summed E-state index contributed by atoms with van der Waals surface area (Å²) < 4.78 is 11.8. The Balaban J connectivity index is 3.13. The van der Waals surface area contributed by atoms with Gasteiger partial charge in [-0.25, -0.2) is 4.39 Å². The van der Waals surface area contributed by atoms with E-state index in [1.165, 1.54) is 6.92 Å². The van der Waals surface area contributed by atoms with Crippen LogP contribution in [0.1, 0.15) is 13.3 Å². The van der Waals surface area contributed by atoms with Gasteiger partial charge >= 0.3 is 0 Å². The summed E-state index contributed by atoms with van der Waals surface area (Å²) in [6.07, 6.45) is -0.572. The normalized spacial score (nSPS) is 13.4. The molecule has 0 saturated carbocycles. The predicted octanol–water partition coefficient (Wildman–Crippen LogP) is 1.42. The van der Waals surface area contributed by atoms with Crippen LogP contribution in [0.15, 0.2) is 12.1 Å². The Kier molecular flexibility index (Phi) is 2.73. The van der Waals surface area contributed by atoms with E-state index in [9.17, 15) is 4.39 Å². The van der Waals surface area contributed by atoms with Gasteiger partial charge in [0.1, 0.15) is 14.0 Å². The maximum absolute atomic E-state index is 11.8. The number of allylic oxidation sites excluding steroid dienone is 1. The van der Waals surface area contributed by atoms with Crippen molar-refractivity contribution >= 4 is 7.85 Å². The molecule has 7 heavy (non-hydrogen) atoms. The minimum Gasteiger partial charge on any atom is -0.247 e.